The Labute approximate surface area is 151 Å². The predicted molar refractivity (Wildman–Crippen MR) is 96.0 cm³/mol. The van der Waals surface area contributed by atoms with Crippen molar-refractivity contribution in [3.8, 4) is 5.75 Å². The van der Waals surface area contributed by atoms with Gasteiger partial charge in [-0.3, -0.25) is 4.79 Å². The molecular formula is C16H24BrClN2O3. The summed E-state index contributed by atoms with van der Waals surface area (Å²) in [5.74, 6) is 0.786. The van der Waals surface area contributed by atoms with Gasteiger partial charge in [-0.2, -0.15) is 0 Å². The molecule has 1 atom stereocenters. The third-order valence-corrected chi connectivity index (χ3v) is 4.55. The lowest BCUT2D eigenvalue weighted by Gasteiger charge is -2.34. The van der Waals surface area contributed by atoms with Gasteiger partial charge in [-0.15, -0.1) is 12.4 Å². The van der Waals surface area contributed by atoms with E-state index in [0.29, 0.717) is 39.1 Å². The topological polar surface area (TPSA) is 73.6 Å². The Balaban J connectivity index is 0.00000264. The number of ether oxygens (including phenoxy) is 2. The number of benzene rings is 1. The molecule has 1 aliphatic rings. The van der Waals surface area contributed by atoms with Gasteiger partial charge in [0.1, 0.15) is 11.9 Å². The minimum absolute atomic E-state index is 0. The Kier molecular flexibility index (Phi) is 8.33. The fourth-order valence-corrected chi connectivity index (χ4v) is 2.76. The van der Waals surface area contributed by atoms with E-state index in [4.69, 9.17) is 15.2 Å². The molecule has 0 aromatic heterocycles. The number of hydrogen-bond acceptors (Lipinski definition) is 4. The lowest BCUT2D eigenvalue weighted by atomic mass is 9.79. The SMILES string of the molecule is CC(CNC(=O)C1(CN)CCOCC1)Oc1ccc(Br)cc1.Cl. The van der Waals surface area contributed by atoms with Crippen molar-refractivity contribution in [3.63, 3.8) is 0 Å². The number of carbonyl (C=O) groups excluding carboxylic acids is 1. The van der Waals surface area contributed by atoms with Crippen molar-refractivity contribution in [2.75, 3.05) is 26.3 Å². The first-order chi connectivity index (χ1) is 10.6. The van der Waals surface area contributed by atoms with E-state index < -0.39 is 5.41 Å². The van der Waals surface area contributed by atoms with E-state index in [-0.39, 0.29) is 24.4 Å². The Morgan fingerprint density at radius 3 is 2.57 bits per heavy atom. The molecule has 1 heterocycles. The fraction of sp³-hybridized carbons (Fsp3) is 0.562. The first-order valence-corrected chi connectivity index (χ1v) is 8.33. The van der Waals surface area contributed by atoms with E-state index in [2.05, 4.69) is 21.2 Å². The number of halogens is 2. The average molecular weight is 408 g/mol. The molecule has 0 bridgehead atoms. The molecule has 1 fully saturated rings. The highest BCUT2D eigenvalue weighted by molar-refractivity contribution is 9.10. The van der Waals surface area contributed by atoms with Crippen LogP contribution in [0.2, 0.25) is 0 Å². The molecular weight excluding hydrogens is 384 g/mol. The van der Waals surface area contributed by atoms with Crippen LogP contribution >= 0.6 is 28.3 Å². The predicted octanol–water partition coefficient (Wildman–Crippen LogP) is 2.51. The number of rotatable bonds is 6. The summed E-state index contributed by atoms with van der Waals surface area (Å²) in [6, 6.07) is 7.63. The number of hydrogen-bond donors (Lipinski definition) is 2. The molecule has 3 N–H and O–H groups in total. The van der Waals surface area contributed by atoms with Gasteiger partial charge in [-0.25, -0.2) is 0 Å². The molecule has 1 aromatic rings. The third-order valence-electron chi connectivity index (χ3n) is 4.02. The maximum atomic E-state index is 12.4. The Bertz CT molecular complexity index is 493. The average Bonchev–Trinajstić information content (AvgIpc) is 2.55. The van der Waals surface area contributed by atoms with Gasteiger partial charge in [0.15, 0.2) is 0 Å². The van der Waals surface area contributed by atoms with Crippen LogP contribution < -0.4 is 15.8 Å². The highest BCUT2D eigenvalue weighted by atomic mass is 79.9. The lowest BCUT2D eigenvalue weighted by molar-refractivity contribution is -0.136. The third kappa shape index (κ3) is 5.64. The quantitative estimate of drug-likeness (QED) is 0.760. The summed E-state index contributed by atoms with van der Waals surface area (Å²) in [5, 5.41) is 2.97. The Hall–Kier alpha value is -0.820. The molecule has 5 nitrogen and oxygen atoms in total. The summed E-state index contributed by atoms with van der Waals surface area (Å²) in [5.41, 5.74) is 5.34. The zero-order chi connectivity index (χ0) is 16.0. The molecule has 1 saturated heterocycles. The van der Waals surface area contributed by atoms with Crippen molar-refractivity contribution in [1.29, 1.82) is 0 Å². The van der Waals surface area contributed by atoms with Gasteiger partial charge in [0.25, 0.3) is 0 Å². The molecule has 1 aromatic carbocycles. The first-order valence-electron chi connectivity index (χ1n) is 7.54. The molecule has 7 heteroatoms. The Morgan fingerprint density at radius 2 is 2.00 bits per heavy atom. The van der Waals surface area contributed by atoms with E-state index in [9.17, 15) is 4.79 Å². The van der Waals surface area contributed by atoms with E-state index in [1.54, 1.807) is 0 Å². The van der Waals surface area contributed by atoms with Crippen LogP contribution in [-0.4, -0.2) is 38.3 Å². The van der Waals surface area contributed by atoms with Crippen LogP contribution in [0.4, 0.5) is 0 Å². The zero-order valence-electron chi connectivity index (χ0n) is 13.2. The molecule has 1 aliphatic heterocycles. The number of nitrogens with two attached hydrogens (primary N) is 1. The second kappa shape index (κ2) is 9.47. The fourth-order valence-electron chi connectivity index (χ4n) is 2.50. The van der Waals surface area contributed by atoms with Gasteiger partial charge in [0.2, 0.25) is 5.91 Å². The molecule has 0 spiro atoms. The van der Waals surface area contributed by atoms with E-state index in [0.717, 1.165) is 10.2 Å². The summed E-state index contributed by atoms with van der Waals surface area (Å²) in [6.07, 6.45) is 1.24. The summed E-state index contributed by atoms with van der Waals surface area (Å²) in [6.45, 7) is 3.92. The van der Waals surface area contributed by atoms with E-state index in [1.807, 2.05) is 31.2 Å². The van der Waals surface area contributed by atoms with Crippen LogP contribution in [-0.2, 0) is 9.53 Å². The maximum Gasteiger partial charge on any atom is 0.227 e. The molecule has 130 valence electrons. The summed E-state index contributed by atoms with van der Waals surface area (Å²) in [4.78, 5) is 12.4. The van der Waals surface area contributed by atoms with Gasteiger partial charge in [-0.1, -0.05) is 15.9 Å². The lowest BCUT2D eigenvalue weighted by Crippen LogP contribution is -2.50. The van der Waals surface area contributed by atoms with Crippen molar-refractivity contribution in [2.45, 2.75) is 25.9 Å². The maximum absolute atomic E-state index is 12.4. The second-order valence-corrected chi connectivity index (χ2v) is 6.60. The standard InChI is InChI=1S/C16H23BrN2O3.ClH/c1-12(22-14-4-2-13(17)3-5-14)10-19-15(20)16(11-18)6-8-21-9-7-16;/h2-5,12H,6-11,18H2,1H3,(H,19,20);1H. The minimum Gasteiger partial charge on any atom is -0.489 e. The van der Waals surface area contributed by atoms with Crippen molar-refractivity contribution in [2.24, 2.45) is 11.1 Å². The van der Waals surface area contributed by atoms with Crippen molar-refractivity contribution < 1.29 is 14.3 Å². The van der Waals surface area contributed by atoms with Gasteiger partial charge in [0.05, 0.1) is 12.0 Å². The van der Waals surface area contributed by atoms with Crippen LogP contribution in [0.5, 0.6) is 5.75 Å². The van der Waals surface area contributed by atoms with Crippen LogP contribution in [0.25, 0.3) is 0 Å². The number of amides is 1. The second-order valence-electron chi connectivity index (χ2n) is 5.69. The van der Waals surface area contributed by atoms with Crippen LogP contribution in [0.3, 0.4) is 0 Å². The van der Waals surface area contributed by atoms with Crippen molar-refractivity contribution in [3.05, 3.63) is 28.7 Å². The normalized spacial score (nSPS) is 17.7. The molecule has 0 radical (unpaired) electrons. The van der Waals surface area contributed by atoms with Crippen LogP contribution in [0.15, 0.2) is 28.7 Å². The van der Waals surface area contributed by atoms with Gasteiger partial charge in [0, 0.05) is 24.2 Å². The molecule has 1 amide bonds. The summed E-state index contributed by atoms with van der Waals surface area (Å²) >= 11 is 3.38. The van der Waals surface area contributed by atoms with E-state index in [1.165, 1.54) is 0 Å². The van der Waals surface area contributed by atoms with Crippen LogP contribution in [0, 0.1) is 5.41 Å². The van der Waals surface area contributed by atoms with Crippen molar-refractivity contribution >= 4 is 34.2 Å². The summed E-state index contributed by atoms with van der Waals surface area (Å²) < 4.78 is 12.1. The molecule has 23 heavy (non-hydrogen) atoms. The first kappa shape index (κ1) is 20.2. The van der Waals surface area contributed by atoms with Gasteiger partial charge >= 0.3 is 0 Å². The Morgan fingerprint density at radius 1 is 1.39 bits per heavy atom. The number of nitrogens with one attached hydrogen (secondary N) is 1. The minimum atomic E-state index is -0.490. The smallest absolute Gasteiger partial charge is 0.227 e. The highest BCUT2D eigenvalue weighted by Gasteiger charge is 2.38. The van der Waals surface area contributed by atoms with Gasteiger partial charge in [-0.05, 0) is 44.0 Å². The number of carbonyl (C=O) groups is 1. The van der Waals surface area contributed by atoms with E-state index >= 15 is 0 Å². The molecule has 0 saturated carbocycles. The monoisotopic (exact) mass is 406 g/mol. The molecule has 2 rings (SSSR count). The van der Waals surface area contributed by atoms with Crippen LogP contribution in [0.1, 0.15) is 19.8 Å². The largest absolute Gasteiger partial charge is 0.489 e. The van der Waals surface area contributed by atoms with Gasteiger partial charge < -0.3 is 20.5 Å². The summed E-state index contributed by atoms with van der Waals surface area (Å²) in [7, 11) is 0. The molecule has 0 aliphatic carbocycles. The molecule has 1 unspecified atom stereocenters. The van der Waals surface area contributed by atoms with Crippen molar-refractivity contribution in [1.82, 2.24) is 5.32 Å². The highest BCUT2D eigenvalue weighted by Crippen LogP contribution is 2.29. The zero-order valence-corrected chi connectivity index (χ0v) is 15.6.